The molecule has 3 aromatic rings. The molecule has 1 aromatic heterocycles. The molecule has 9 nitrogen and oxygen atoms in total. The number of aromatic nitrogens is 2. The molecule has 0 saturated heterocycles. The zero-order valence-corrected chi connectivity index (χ0v) is 15.0. The quantitative estimate of drug-likeness (QED) is 0.492. The van der Waals surface area contributed by atoms with E-state index in [4.69, 9.17) is 9.47 Å². The molecule has 1 aliphatic rings. The van der Waals surface area contributed by atoms with Crippen LogP contribution < -0.4 is 20.1 Å². The van der Waals surface area contributed by atoms with Gasteiger partial charge >= 0.3 is 5.69 Å². The molecular weight excluding hydrogens is 362 g/mol. The van der Waals surface area contributed by atoms with Gasteiger partial charge in [0, 0.05) is 18.3 Å². The number of rotatable bonds is 6. The van der Waals surface area contributed by atoms with Crippen molar-refractivity contribution in [3.63, 3.8) is 0 Å². The molecule has 1 aliphatic heterocycles. The Balaban J connectivity index is 1.58. The van der Waals surface area contributed by atoms with Crippen molar-refractivity contribution < 1.29 is 14.4 Å². The summed E-state index contributed by atoms with van der Waals surface area (Å²) in [5.74, 6) is 1.43. The van der Waals surface area contributed by atoms with Crippen molar-refractivity contribution in [1.29, 1.82) is 0 Å². The predicted molar refractivity (Wildman–Crippen MR) is 103 cm³/mol. The lowest BCUT2D eigenvalue weighted by Crippen LogP contribution is -2.08. The van der Waals surface area contributed by atoms with Crippen molar-refractivity contribution in [3.05, 3.63) is 70.0 Å². The van der Waals surface area contributed by atoms with E-state index in [1.807, 2.05) is 31.2 Å². The fourth-order valence-corrected chi connectivity index (χ4v) is 2.78. The van der Waals surface area contributed by atoms with Crippen molar-refractivity contribution in [2.24, 2.45) is 0 Å². The second kappa shape index (κ2) is 7.39. The number of hydrogen-bond acceptors (Lipinski definition) is 8. The van der Waals surface area contributed by atoms with Crippen molar-refractivity contribution in [1.82, 2.24) is 9.97 Å². The summed E-state index contributed by atoms with van der Waals surface area (Å²) in [5.41, 5.74) is 2.50. The normalized spacial score (nSPS) is 11.9. The van der Waals surface area contributed by atoms with E-state index in [1.54, 1.807) is 18.2 Å². The molecule has 0 amide bonds. The van der Waals surface area contributed by atoms with Gasteiger partial charge in [0.1, 0.15) is 6.33 Å². The van der Waals surface area contributed by atoms with Crippen molar-refractivity contribution in [2.75, 3.05) is 17.4 Å². The maximum Gasteiger partial charge on any atom is 0.353 e. The predicted octanol–water partition coefficient (Wildman–Crippen LogP) is 3.78. The molecule has 0 saturated carbocycles. The number of nitrogens with zero attached hydrogens (tertiary/aromatic N) is 3. The van der Waals surface area contributed by atoms with Crippen LogP contribution in [0.1, 0.15) is 11.1 Å². The molecule has 4 rings (SSSR count). The summed E-state index contributed by atoms with van der Waals surface area (Å²) in [6.07, 6.45) is 1.28. The lowest BCUT2D eigenvalue weighted by Gasteiger charge is -2.10. The zero-order chi connectivity index (χ0) is 19.5. The molecule has 0 bridgehead atoms. The molecule has 2 N–H and O–H groups in total. The molecule has 0 aliphatic carbocycles. The number of anilines is 3. The van der Waals surface area contributed by atoms with Gasteiger partial charge in [0.15, 0.2) is 11.5 Å². The highest BCUT2D eigenvalue weighted by atomic mass is 16.7. The standard InChI is InChI=1S/C19H17N5O4/c1-12-2-4-13(5-3-12)9-20-18-17(24(25)26)19(22-10-21-18)23-14-6-7-15-16(8-14)28-11-27-15/h2-8,10H,9,11H2,1H3,(H2,20,21,22,23). The SMILES string of the molecule is Cc1ccc(CNc2ncnc(Nc3ccc4c(c3)OCO4)c2[N+](=O)[O-])cc1. The Morgan fingerprint density at radius 1 is 1.07 bits per heavy atom. The van der Waals surface area contributed by atoms with Crippen molar-refractivity contribution in [2.45, 2.75) is 13.5 Å². The number of hydrogen-bond donors (Lipinski definition) is 2. The molecule has 0 spiro atoms. The average Bonchev–Trinajstić information content (AvgIpc) is 3.15. The van der Waals surface area contributed by atoms with E-state index < -0.39 is 4.92 Å². The monoisotopic (exact) mass is 379 g/mol. The van der Waals surface area contributed by atoms with Crippen LogP contribution in [0.15, 0.2) is 48.8 Å². The minimum absolute atomic E-state index is 0.0882. The third kappa shape index (κ3) is 3.63. The molecule has 0 atom stereocenters. The van der Waals surface area contributed by atoms with Gasteiger partial charge in [0.2, 0.25) is 18.4 Å². The largest absolute Gasteiger partial charge is 0.454 e. The summed E-state index contributed by atoms with van der Waals surface area (Å²) in [6.45, 7) is 2.56. The molecule has 0 unspecified atom stereocenters. The number of ether oxygens (including phenoxy) is 2. The number of benzene rings is 2. The first-order valence-electron chi connectivity index (χ1n) is 8.55. The molecular formula is C19H17N5O4. The molecule has 0 fully saturated rings. The van der Waals surface area contributed by atoms with Gasteiger partial charge in [-0.1, -0.05) is 29.8 Å². The van der Waals surface area contributed by atoms with Gasteiger partial charge in [-0.25, -0.2) is 9.97 Å². The summed E-state index contributed by atoms with van der Waals surface area (Å²) >= 11 is 0. The van der Waals surface area contributed by atoms with Crippen LogP contribution in [-0.4, -0.2) is 21.7 Å². The third-order valence-electron chi connectivity index (χ3n) is 4.22. The number of nitrogens with one attached hydrogen (secondary N) is 2. The Bertz CT molecular complexity index is 1020. The van der Waals surface area contributed by atoms with Crippen LogP contribution in [0.4, 0.5) is 23.0 Å². The van der Waals surface area contributed by atoms with Gasteiger partial charge in [0.25, 0.3) is 0 Å². The topological polar surface area (TPSA) is 111 Å². The van der Waals surface area contributed by atoms with Gasteiger partial charge in [0.05, 0.1) is 4.92 Å². The minimum Gasteiger partial charge on any atom is -0.454 e. The van der Waals surface area contributed by atoms with Crippen LogP contribution in [0.25, 0.3) is 0 Å². The van der Waals surface area contributed by atoms with Gasteiger partial charge in [-0.15, -0.1) is 0 Å². The van der Waals surface area contributed by atoms with E-state index in [-0.39, 0.29) is 24.1 Å². The highest BCUT2D eigenvalue weighted by Crippen LogP contribution is 2.37. The fourth-order valence-electron chi connectivity index (χ4n) is 2.78. The van der Waals surface area contributed by atoms with Gasteiger partial charge in [-0.3, -0.25) is 10.1 Å². The smallest absolute Gasteiger partial charge is 0.353 e. The summed E-state index contributed by atoms with van der Waals surface area (Å²) in [7, 11) is 0. The first-order chi connectivity index (χ1) is 13.6. The molecule has 0 radical (unpaired) electrons. The van der Waals surface area contributed by atoms with Crippen LogP contribution in [-0.2, 0) is 6.54 Å². The van der Waals surface area contributed by atoms with Gasteiger partial charge in [-0.05, 0) is 24.6 Å². The van der Waals surface area contributed by atoms with Crippen molar-refractivity contribution in [3.8, 4) is 11.5 Å². The van der Waals surface area contributed by atoms with Crippen molar-refractivity contribution >= 4 is 23.0 Å². The highest BCUT2D eigenvalue weighted by molar-refractivity contribution is 5.74. The summed E-state index contributed by atoms with van der Waals surface area (Å²) in [6, 6.07) is 13.1. The van der Waals surface area contributed by atoms with Gasteiger partial charge < -0.3 is 20.1 Å². The maximum absolute atomic E-state index is 11.7. The van der Waals surface area contributed by atoms with E-state index >= 15 is 0 Å². The Morgan fingerprint density at radius 3 is 2.61 bits per heavy atom. The molecule has 9 heteroatoms. The first-order valence-corrected chi connectivity index (χ1v) is 8.55. The Hall–Kier alpha value is -3.88. The number of aryl methyl sites for hydroxylation is 1. The van der Waals surface area contributed by atoms with Crippen LogP contribution in [0, 0.1) is 17.0 Å². The van der Waals surface area contributed by atoms with Crippen LogP contribution in [0.3, 0.4) is 0 Å². The molecule has 142 valence electrons. The van der Waals surface area contributed by atoms with E-state index in [2.05, 4.69) is 20.6 Å². The molecule has 28 heavy (non-hydrogen) atoms. The number of fused-ring (bicyclic) bond motifs is 1. The van der Waals surface area contributed by atoms with E-state index in [9.17, 15) is 10.1 Å². The second-order valence-corrected chi connectivity index (χ2v) is 6.21. The van der Waals surface area contributed by atoms with Crippen LogP contribution in [0.5, 0.6) is 11.5 Å². The average molecular weight is 379 g/mol. The zero-order valence-electron chi connectivity index (χ0n) is 15.0. The third-order valence-corrected chi connectivity index (χ3v) is 4.22. The van der Waals surface area contributed by atoms with Gasteiger partial charge in [-0.2, -0.15) is 0 Å². The lowest BCUT2D eigenvalue weighted by atomic mass is 10.1. The van der Waals surface area contributed by atoms with Crippen LogP contribution in [0.2, 0.25) is 0 Å². The van der Waals surface area contributed by atoms with E-state index in [0.717, 1.165) is 11.1 Å². The second-order valence-electron chi connectivity index (χ2n) is 6.21. The van der Waals surface area contributed by atoms with E-state index in [1.165, 1.54) is 6.33 Å². The fraction of sp³-hybridized carbons (Fsp3) is 0.158. The molecule has 2 aromatic carbocycles. The summed E-state index contributed by atoms with van der Waals surface area (Å²) in [4.78, 5) is 19.3. The molecule has 2 heterocycles. The minimum atomic E-state index is -0.507. The Labute approximate surface area is 160 Å². The van der Waals surface area contributed by atoms with Crippen LogP contribution >= 0.6 is 0 Å². The Kier molecular flexibility index (Phi) is 4.63. The number of nitro groups is 1. The summed E-state index contributed by atoms with van der Waals surface area (Å²) in [5, 5.41) is 17.7. The summed E-state index contributed by atoms with van der Waals surface area (Å²) < 4.78 is 10.6. The lowest BCUT2D eigenvalue weighted by molar-refractivity contribution is -0.383. The first kappa shape index (κ1) is 17.5. The highest BCUT2D eigenvalue weighted by Gasteiger charge is 2.23. The van der Waals surface area contributed by atoms with E-state index in [0.29, 0.717) is 23.7 Å². The maximum atomic E-state index is 11.7. The Morgan fingerprint density at radius 2 is 1.82 bits per heavy atom.